The van der Waals surface area contributed by atoms with Crippen LogP contribution < -0.4 is 10.6 Å². The number of carbonyl (C=O) groups excluding carboxylic acids is 1. The van der Waals surface area contributed by atoms with Gasteiger partial charge in [-0.15, -0.1) is 0 Å². The summed E-state index contributed by atoms with van der Waals surface area (Å²) in [6.07, 6.45) is 2.45. The van der Waals surface area contributed by atoms with E-state index in [0.29, 0.717) is 12.3 Å². The first-order valence-electron chi connectivity index (χ1n) is 8.87. The molecule has 25 heavy (non-hydrogen) atoms. The first-order chi connectivity index (χ1) is 12.0. The van der Waals surface area contributed by atoms with Crippen LogP contribution in [0.4, 0.5) is 10.5 Å². The smallest absolute Gasteiger partial charge is 0.319 e. The van der Waals surface area contributed by atoms with Gasteiger partial charge in [0, 0.05) is 6.54 Å². The first-order valence-corrected chi connectivity index (χ1v) is 8.87. The van der Waals surface area contributed by atoms with E-state index in [1.54, 1.807) is 6.20 Å². The molecule has 2 atom stereocenters. The van der Waals surface area contributed by atoms with Crippen molar-refractivity contribution in [2.45, 2.75) is 52.3 Å². The van der Waals surface area contributed by atoms with Gasteiger partial charge in [-0.25, -0.2) is 4.79 Å². The van der Waals surface area contributed by atoms with Crippen LogP contribution in [0.15, 0.2) is 30.5 Å². The molecular formula is C19H26N4O2. The number of rotatable bonds is 5. The highest BCUT2D eigenvalue weighted by atomic mass is 16.3. The second kappa shape index (κ2) is 7.27. The topological polar surface area (TPSA) is 79.2 Å². The van der Waals surface area contributed by atoms with Gasteiger partial charge >= 0.3 is 6.03 Å². The zero-order chi connectivity index (χ0) is 18.0. The molecule has 0 radical (unpaired) electrons. The number of amides is 2. The Bertz CT molecular complexity index is 754. The molecule has 6 heteroatoms. The fraction of sp³-hybridized carbons (Fsp3) is 0.474. The zero-order valence-electron chi connectivity index (χ0n) is 15.0. The van der Waals surface area contributed by atoms with Crippen LogP contribution in [-0.4, -0.2) is 27.0 Å². The molecule has 2 amide bonds. The van der Waals surface area contributed by atoms with Crippen molar-refractivity contribution in [1.82, 2.24) is 15.1 Å². The molecule has 1 aromatic heterocycles. The van der Waals surface area contributed by atoms with Crippen LogP contribution in [0.2, 0.25) is 0 Å². The number of aliphatic hydroxyl groups is 1. The van der Waals surface area contributed by atoms with Crippen molar-refractivity contribution in [1.29, 1.82) is 0 Å². The summed E-state index contributed by atoms with van der Waals surface area (Å²) in [6.45, 7) is 7.15. The summed E-state index contributed by atoms with van der Waals surface area (Å²) in [6, 6.07) is 7.13. The van der Waals surface area contributed by atoms with Gasteiger partial charge in [0.25, 0.3) is 0 Å². The standard InChI is InChI=1S/C19H26N4O2/c1-4-17-16(10-20-23(17)11-12(2)3)22-19(25)21-15-9-13-7-5-6-8-14(13)18(15)24/h5-8,10,12,15,18,24H,4,9,11H2,1-3H3,(H2,21,22,25)/t15-,18-/m1/s1. The van der Waals surface area contributed by atoms with Crippen LogP contribution in [0, 0.1) is 5.92 Å². The molecule has 0 unspecified atom stereocenters. The number of urea groups is 1. The van der Waals surface area contributed by atoms with Gasteiger partial charge < -0.3 is 15.7 Å². The van der Waals surface area contributed by atoms with Gasteiger partial charge in [0.05, 0.1) is 29.7 Å². The Morgan fingerprint density at radius 2 is 2.16 bits per heavy atom. The highest BCUT2D eigenvalue weighted by Crippen LogP contribution is 2.31. The Kier molecular flexibility index (Phi) is 5.08. The molecule has 134 valence electrons. The predicted molar refractivity (Wildman–Crippen MR) is 97.5 cm³/mol. The van der Waals surface area contributed by atoms with Gasteiger partial charge in [-0.1, -0.05) is 45.0 Å². The van der Waals surface area contributed by atoms with E-state index in [2.05, 4.69) is 29.6 Å². The van der Waals surface area contributed by atoms with E-state index in [4.69, 9.17) is 0 Å². The fourth-order valence-corrected chi connectivity index (χ4v) is 3.42. The van der Waals surface area contributed by atoms with Crippen molar-refractivity contribution in [2.75, 3.05) is 5.32 Å². The summed E-state index contributed by atoms with van der Waals surface area (Å²) in [5, 5.41) is 20.6. The Balaban J connectivity index is 1.65. The number of aromatic nitrogens is 2. The lowest BCUT2D eigenvalue weighted by Gasteiger charge is -2.17. The molecule has 0 spiro atoms. The highest BCUT2D eigenvalue weighted by molar-refractivity contribution is 5.90. The lowest BCUT2D eigenvalue weighted by molar-refractivity contribution is 0.145. The average Bonchev–Trinajstić information content (AvgIpc) is 3.08. The fourth-order valence-electron chi connectivity index (χ4n) is 3.42. The van der Waals surface area contributed by atoms with E-state index < -0.39 is 6.10 Å². The lowest BCUT2D eigenvalue weighted by Crippen LogP contribution is -2.40. The van der Waals surface area contributed by atoms with E-state index in [0.717, 1.165) is 35.5 Å². The quantitative estimate of drug-likeness (QED) is 0.782. The Labute approximate surface area is 148 Å². The van der Waals surface area contributed by atoms with Crippen molar-refractivity contribution in [3.8, 4) is 0 Å². The molecule has 0 saturated heterocycles. The van der Waals surface area contributed by atoms with Gasteiger partial charge in [0.2, 0.25) is 0 Å². The number of anilines is 1. The second-order valence-corrected chi connectivity index (χ2v) is 6.99. The normalized spacial score (nSPS) is 19.1. The molecule has 1 aromatic carbocycles. The molecule has 1 heterocycles. The largest absolute Gasteiger partial charge is 0.386 e. The van der Waals surface area contributed by atoms with E-state index >= 15 is 0 Å². The summed E-state index contributed by atoms with van der Waals surface area (Å²) >= 11 is 0. The maximum Gasteiger partial charge on any atom is 0.319 e. The summed E-state index contributed by atoms with van der Waals surface area (Å²) in [4.78, 5) is 12.4. The number of nitrogens with zero attached hydrogens (tertiary/aromatic N) is 2. The minimum atomic E-state index is -0.670. The van der Waals surface area contributed by atoms with E-state index in [1.807, 2.05) is 35.9 Å². The monoisotopic (exact) mass is 342 g/mol. The van der Waals surface area contributed by atoms with Gasteiger partial charge in [0.15, 0.2) is 0 Å². The van der Waals surface area contributed by atoms with Crippen LogP contribution in [-0.2, 0) is 19.4 Å². The van der Waals surface area contributed by atoms with Crippen molar-refractivity contribution in [2.24, 2.45) is 5.92 Å². The van der Waals surface area contributed by atoms with Crippen molar-refractivity contribution in [3.63, 3.8) is 0 Å². The van der Waals surface area contributed by atoms with Gasteiger partial charge in [0.1, 0.15) is 0 Å². The van der Waals surface area contributed by atoms with E-state index in [-0.39, 0.29) is 12.1 Å². The Morgan fingerprint density at radius 1 is 1.40 bits per heavy atom. The second-order valence-electron chi connectivity index (χ2n) is 6.99. The molecule has 3 rings (SSSR count). The Hall–Kier alpha value is -2.34. The van der Waals surface area contributed by atoms with E-state index in [1.165, 1.54) is 0 Å². The van der Waals surface area contributed by atoms with Gasteiger partial charge in [-0.2, -0.15) is 5.10 Å². The van der Waals surface area contributed by atoms with Crippen LogP contribution >= 0.6 is 0 Å². The third-order valence-electron chi connectivity index (χ3n) is 4.58. The summed E-state index contributed by atoms with van der Waals surface area (Å²) in [5.41, 5.74) is 3.72. The number of aliphatic hydroxyl groups excluding tert-OH is 1. The summed E-state index contributed by atoms with van der Waals surface area (Å²) in [7, 11) is 0. The zero-order valence-corrected chi connectivity index (χ0v) is 15.0. The maximum absolute atomic E-state index is 12.4. The van der Waals surface area contributed by atoms with Crippen molar-refractivity contribution >= 4 is 11.7 Å². The minimum absolute atomic E-state index is 0.310. The molecule has 1 aliphatic rings. The molecule has 6 nitrogen and oxygen atoms in total. The minimum Gasteiger partial charge on any atom is -0.386 e. The molecule has 3 N–H and O–H groups in total. The molecule has 0 fully saturated rings. The third kappa shape index (κ3) is 3.69. The number of hydrogen-bond donors (Lipinski definition) is 3. The number of hydrogen-bond acceptors (Lipinski definition) is 3. The number of carbonyl (C=O) groups is 1. The molecule has 0 aliphatic heterocycles. The predicted octanol–water partition coefficient (Wildman–Crippen LogP) is 2.88. The van der Waals surface area contributed by atoms with Gasteiger partial charge in [-0.05, 0) is 29.9 Å². The number of benzene rings is 1. The molecular weight excluding hydrogens is 316 g/mol. The van der Waals surface area contributed by atoms with Crippen molar-refractivity contribution in [3.05, 3.63) is 47.3 Å². The Morgan fingerprint density at radius 3 is 2.84 bits per heavy atom. The van der Waals surface area contributed by atoms with Crippen LogP contribution in [0.25, 0.3) is 0 Å². The number of nitrogens with one attached hydrogen (secondary N) is 2. The van der Waals surface area contributed by atoms with Crippen LogP contribution in [0.5, 0.6) is 0 Å². The summed E-state index contributed by atoms with van der Waals surface area (Å²) < 4.78 is 1.94. The van der Waals surface area contributed by atoms with Crippen LogP contribution in [0.1, 0.15) is 43.7 Å². The average molecular weight is 342 g/mol. The molecule has 0 bridgehead atoms. The lowest BCUT2D eigenvalue weighted by atomic mass is 10.1. The number of fused-ring (bicyclic) bond motifs is 1. The van der Waals surface area contributed by atoms with Gasteiger partial charge in [-0.3, -0.25) is 4.68 Å². The van der Waals surface area contributed by atoms with E-state index in [9.17, 15) is 9.90 Å². The highest BCUT2D eigenvalue weighted by Gasteiger charge is 2.31. The molecule has 2 aromatic rings. The molecule has 0 saturated carbocycles. The van der Waals surface area contributed by atoms with Crippen LogP contribution in [0.3, 0.4) is 0 Å². The van der Waals surface area contributed by atoms with Crippen molar-refractivity contribution < 1.29 is 9.90 Å². The summed E-state index contributed by atoms with van der Waals surface area (Å²) in [5.74, 6) is 0.485. The third-order valence-corrected chi connectivity index (χ3v) is 4.58. The molecule has 1 aliphatic carbocycles. The SMILES string of the molecule is CCc1c(NC(=O)N[C@@H]2Cc3ccccc3[C@H]2O)cnn1CC(C)C. The first kappa shape index (κ1) is 17.5. The maximum atomic E-state index is 12.4.